The second kappa shape index (κ2) is 11.1. The number of unbranched alkanes of at least 4 members (excludes halogenated alkanes) is 1. The van der Waals surface area contributed by atoms with Crippen LogP contribution in [-0.2, 0) is 14.4 Å². The van der Waals surface area contributed by atoms with Gasteiger partial charge in [0.25, 0.3) is 5.91 Å². The van der Waals surface area contributed by atoms with Crippen molar-refractivity contribution < 1.29 is 14.4 Å². The first-order valence-electron chi connectivity index (χ1n) is 13.6. The van der Waals surface area contributed by atoms with Gasteiger partial charge in [-0.2, -0.15) is 0 Å². The van der Waals surface area contributed by atoms with Gasteiger partial charge in [-0.25, -0.2) is 0 Å². The Hall–Kier alpha value is -2.70. The highest BCUT2D eigenvalue weighted by atomic mass is 16.2. The Bertz CT molecular complexity index is 1000. The van der Waals surface area contributed by atoms with Crippen LogP contribution in [0.1, 0.15) is 105 Å². The van der Waals surface area contributed by atoms with Gasteiger partial charge in [0.15, 0.2) is 0 Å². The number of hydrogen-bond acceptors (Lipinski definition) is 4. The lowest BCUT2D eigenvalue weighted by molar-refractivity contribution is -0.137. The number of para-hydroxylation sites is 1. The molecule has 7 heteroatoms. The van der Waals surface area contributed by atoms with E-state index >= 15 is 0 Å². The first-order chi connectivity index (χ1) is 16.9. The number of benzodiazepines with no additional fused rings is 1. The third-order valence-electron chi connectivity index (χ3n) is 7.25. The molecule has 7 nitrogen and oxygen atoms in total. The summed E-state index contributed by atoms with van der Waals surface area (Å²) in [4.78, 5) is 45.7. The molecule has 1 aliphatic heterocycles. The van der Waals surface area contributed by atoms with E-state index < -0.39 is 11.2 Å². The molecule has 0 radical (unpaired) electrons. The predicted molar refractivity (Wildman–Crippen MR) is 145 cm³/mol. The molecule has 2 aliphatic rings. The Morgan fingerprint density at radius 2 is 1.78 bits per heavy atom. The van der Waals surface area contributed by atoms with Gasteiger partial charge in [-0.15, -0.1) is 0 Å². The fourth-order valence-electron chi connectivity index (χ4n) is 5.09. The standard InChI is InChI=1S/C29H44N4O3/c1-7-8-19-29(26(36)30-22-14-10-9-13-21(22)24(32-29)27(4,5)6)33-25(35)28(17-11-12-18-28)31-23(34)16-15-20(2)3/h9-10,13-14,20H,7-8,11-12,15-19H2,1-6H3,(H,30,36)(H,31,34)(H,33,35). The second-order valence-corrected chi connectivity index (χ2v) is 11.9. The summed E-state index contributed by atoms with van der Waals surface area (Å²) in [5.74, 6) is -0.356. The van der Waals surface area contributed by atoms with Crippen LogP contribution in [0.25, 0.3) is 0 Å². The lowest BCUT2D eigenvalue weighted by atomic mass is 9.84. The van der Waals surface area contributed by atoms with E-state index in [4.69, 9.17) is 4.99 Å². The second-order valence-electron chi connectivity index (χ2n) is 11.9. The Morgan fingerprint density at radius 3 is 2.39 bits per heavy atom. The van der Waals surface area contributed by atoms with E-state index in [1.165, 1.54) is 0 Å². The minimum atomic E-state index is -1.45. The van der Waals surface area contributed by atoms with Crippen molar-refractivity contribution in [2.45, 2.75) is 111 Å². The van der Waals surface area contributed by atoms with E-state index in [2.05, 4.69) is 57.5 Å². The number of carbonyl (C=O) groups excluding carboxylic acids is 3. The molecular formula is C29H44N4O3. The monoisotopic (exact) mass is 496 g/mol. The molecule has 1 heterocycles. The molecule has 1 unspecified atom stereocenters. The van der Waals surface area contributed by atoms with Crippen molar-refractivity contribution in [2.75, 3.05) is 5.32 Å². The third kappa shape index (κ3) is 6.16. The van der Waals surface area contributed by atoms with Crippen LogP contribution in [0.4, 0.5) is 5.69 Å². The van der Waals surface area contributed by atoms with Crippen LogP contribution < -0.4 is 16.0 Å². The predicted octanol–water partition coefficient (Wildman–Crippen LogP) is 5.34. The fraction of sp³-hybridized carbons (Fsp3) is 0.655. The van der Waals surface area contributed by atoms with Crippen molar-refractivity contribution in [3.63, 3.8) is 0 Å². The maximum atomic E-state index is 14.0. The number of nitrogens with one attached hydrogen (secondary N) is 3. The number of amides is 3. The molecule has 198 valence electrons. The highest BCUT2D eigenvalue weighted by Crippen LogP contribution is 2.36. The zero-order chi connectivity index (χ0) is 26.6. The molecule has 0 saturated heterocycles. The van der Waals surface area contributed by atoms with E-state index in [1.807, 2.05) is 24.3 Å². The van der Waals surface area contributed by atoms with Crippen LogP contribution in [0.5, 0.6) is 0 Å². The highest BCUT2D eigenvalue weighted by Gasteiger charge is 2.49. The summed E-state index contributed by atoms with van der Waals surface area (Å²) in [6.07, 6.45) is 5.95. The van der Waals surface area contributed by atoms with Crippen LogP contribution in [-0.4, -0.2) is 34.6 Å². The van der Waals surface area contributed by atoms with E-state index in [-0.39, 0.29) is 23.1 Å². The van der Waals surface area contributed by atoms with Gasteiger partial charge in [-0.1, -0.05) is 79.0 Å². The number of carbonyl (C=O) groups is 3. The number of benzene rings is 1. The van der Waals surface area contributed by atoms with E-state index in [0.717, 1.165) is 43.4 Å². The van der Waals surface area contributed by atoms with Crippen LogP contribution in [0, 0.1) is 11.3 Å². The molecule has 3 rings (SSSR count). The molecule has 1 fully saturated rings. The first kappa shape index (κ1) is 27.9. The molecule has 1 aromatic carbocycles. The number of anilines is 1. The number of fused-ring (bicyclic) bond motifs is 1. The fourth-order valence-corrected chi connectivity index (χ4v) is 5.09. The molecule has 1 aromatic rings. The molecule has 1 saturated carbocycles. The van der Waals surface area contributed by atoms with E-state index in [9.17, 15) is 14.4 Å². The zero-order valence-corrected chi connectivity index (χ0v) is 22.9. The molecule has 1 atom stereocenters. The summed E-state index contributed by atoms with van der Waals surface area (Å²) in [5, 5.41) is 9.21. The van der Waals surface area contributed by atoms with Gasteiger partial charge in [-0.3, -0.25) is 19.4 Å². The Kier molecular flexibility index (Phi) is 8.63. The van der Waals surface area contributed by atoms with Gasteiger partial charge >= 0.3 is 0 Å². The SMILES string of the molecule is CCCCC1(NC(=O)C2(NC(=O)CCC(C)C)CCCC2)N=C(C(C)(C)C)c2ccccc2NC1=O. The molecule has 0 bridgehead atoms. The Labute approximate surface area is 216 Å². The largest absolute Gasteiger partial charge is 0.342 e. The van der Waals surface area contributed by atoms with Gasteiger partial charge in [0.2, 0.25) is 17.5 Å². The number of rotatable bonds is 9. The maximum Gasteiger partial charge on any atom is 0.272 e. The van der Waals surface area contributed by atoms with Crippen molar-refractivity contribution >= 4 is 29.1 Å². The quantitative estimate of drug-likeness (QED) is 0.430. The van der Waals surface area contributed by atoms with Crippen LogP contribution >= 0.6 is 0 Å². The van der Waals surface area contributed by atoms with Gasteiger partial charge in [-0.05, 0) is 37.7 Å². The Balaban J connectivity index is 2.01. The average Bonchev–Trinajstić information content (AvgIpc) is 3.24. The molecule has 1 aliphatic carbocycles. The molecule has 3 N–H and O–H groups in total. The van der Waals surface area contributed by atoms with Gasteiger partial charge in [0, 0.05) is 29.5 Å². The summed E-state index contributed by atoms with van der Waals surface area (Å²) < 4.78 is 0. The number of nitrogens with zero attached hydrogens (tertiary/aromatic N) is 1. The third-order valence-corrected chi connectivity index (χ3v) is 7.25. The maximum absolute atomic E-state index is 14.0. The van der Waals surface area contributed by atoms with Crippen molar-refractivity contribution in [1.82, 2.24) is 10.6 Å². The van der Waals surface area contributed by atoms with Crippen LogP contribution in [0.15, 0.2) is 29.3 Å². The summed E-state index contributed by atoms with van der Waals surface area (Å²) >= 11 is 0. The van der Waals surface area contributed by atoms with E-state index in [0.29, 0.717) is 37.3 Å². The van der Waals surface area contributed by atoms with Gasteiger partial charge in [0.1, 0.15) is 5.54 Å². The zero-order valence-electron chi connectivity index (χ0n) is 22.9. The van der Waals surface area contributed by atoms with Crippen molar-refractivity contribution in [2.24, 2.45) is 16.3 Å². The molecule has 0 spiro atoms. The first-order valence-corrected chi connectivity index (χ1v) is 13.6. The summed E-state index contributed by atoms with van der Waals surface area (Å²) in [7, 11) is 0. The number of hydrogen-bond donors (Lipinski definition) is 3. The topological polar surface area (TPSA) is 99.7 Å². The van der Waals surface area contributed by atoms with Gasteiger partial charge < -0.3 is 16.0 Å². The van der Waals surface area contributed by atoms with Crippen LogP contribution in [0.2, 0.25) is 0 Å². The van der Waals surface area contributed by atoms with Crippen molar-refractivity contribution in [1.29, 1.82) is 0 Å². The minimum Gasteiger partial charge on any atom is -0.342 e. The lowest BCUT2D eigenvalue weighted by Crippen LogP contribution is -2.64. The normalized spacial score (nSPS) is 21.3. The van der Waals surface area contributed by atoms with Crippen molar-refractivity contribution in [3.8, 4) is 0 Å². The van der Waals surface area contributed by atoms with Crippen molar-refractivity contribution in [3.05, 3.63) is 29.8 Å². The minimum absolute atomic E-state index is 0.111. The van der Waals surface area contributed by atoms with Gasteiger partial charge in [0.05, 0.1) is 5.71 Å². The summed E-state index contributed by atoms with van der Waals surface area (Å²) in [6.45, 7) is 12.4. The average molecular weight is 497 g/mol. The Morgan fingerprint density at radius 1 is 1.11 bits per heavy atom. The van der Waals surface area contributed by atoms with E-state index in [1.54, 1.807) is 0 Å². The smallest absolute Gasteiger partial charge is 0.272 e. The van der Waals surface area contributed by atoms with Crippen LogP contribution in [0.3, 0.4) is 0 Å². The number of aliphatic imine (C=N–C) groups is 1. The summed E-state index contributed by atoms with van der Waals surface area (Å²) in [6, 6.07) is 7.66. The molecule has 36 heavy (non-hydrogen) atoms. The highest BCUT2D eigenvalue weighted by molar-refractivity contribution is 6.15. The molecule has 0 aromatic heterocycles. The lowest BCUT2D eigenvalue weighted by Gasteiger charge is -2.36. The molecular weight excluding hydrogens is 452 g/mol. The molecule has 3 amide bonds. The summed E-state index contributed by atoms with van der Waals surface area (Å²) in [5.41, 5.74) is -0.489.